The van der Waals surface area contributed by atoms with Crippen molar-refractivity contribution in [2.45, 2.75) is 133 Å². The Hall–Kier alpha value is -8.39. The zero-order chi connectivity index (χ0) is 69.6. The van der Waals surface area contributed by atoms with Gasteiger partial charge in [-0.05, 0) is 134 Å². The largest absolute Gasteiger partial charge is 0.490 e. The number of halogens is 12. The van der Waals surface area contributed by atoms with Crippen LogP contribution in [0.25, 0.3) is 0 Å². The number of anilines is 3. The van der Waals surface area contributed by atoms with E-state index >= 15 is 0 Å². The lowest BCUT2D eigenvalue weighted by Crippen LogP contribution is -2.56. The molecule has 3 aliphatic heterocycles. The molecule has 6 amide bonds. The number of aliphatic imine (C=N–C) groups is 1. The maximum Gasteiger partial charge on any atom is 0.490 e. The van der Waals surface area contributed by atoms with Crippen molar-refractivity contribution in [2.75, 3.05) is 62.6 Å². The van der Waals surface area contributed by atoms with Crippen molar-refractivity contribution in [2.24, 2.45) is 28.1 Å². The SMILES string of the molecule is CC(=O)N[C@@H](CCCN)C(=O)NC(=O)[C@H](C)NC(=O)[C@H](CCCN=C(N)N)NC1CCN(CCCCC2CCN(CC(=O)N3c4ccccc4NC(=O)c4ccccc43)CC2)CC1.O=C(O)C(F)(F)F.O=C(O)C(F)(F)F.O=C(O)C(F)(F)F.O=C(O)C(F)(F)F. The summed E-state index contributed by atoms with van der Waals surface area (Å²) in [6.45, 7) is 8.32. The second-order valence-corrected chi connectivity index (χ2v) is 20.2. The Labute approximate surface area is 511 Å². The fraction of sp³-hybridized carbons (Fsp3) is 0.566. The summed E-state index contributed by atoms with van der Waals surface area (Å²) in [5.41, 5.74) is 18.9. The number of nitrogens with one attached hydrogen (secondary N) is 5. The summed E-state index contributed by atoms with van der Waals surface area (Å²) in [6.07, 6.45) is -11.3. The van der Waals surface area contributed by atoms with Gasteiger partial charge in [0.05, 0.1) is 35.2 Å². The van der Waals surface area contributed by atoms with Gasteiger partial charge in [-0.15, -0.1) is 0 Å². The van der Waals surface area contributed by atoms with Gasteiger partial charge >= 0.3 is 48.6 Å². The smallest absolute Gasteiger partial charge is 0.475 e. The van der Waals surface area contributed by atoms with Crippen molar-refractivity contribution in [1.29, 1.82) is 0 Å². The first-order valence-electron chi connectivity index (χ1n) is 27.5. The standard InChI is InChI=1S/C45H68N12O6.4C2HF3O2/c1-30(41(60)54-44(63)36(14-9-22-46)51-31(2)58)50-43(62)37(15-10-23-49-45(47)48)52-33-20-27-55(28-21-33)24-8-7-11-32-18-25-56(26-19-32)29-40(59)57-38-16-5-3-12-34(38)42(61)53-35-13-4-6-17-39(35)57;4*3-2(4,5)1(6)7/h3-6,12-13,16-17,30,32-33,36-37,52H,7-11,14-15,18-29,46H2,1-2H3,(H,50,62)(H,51,58)(H,53,61)(H4,47,48,49)(H,54,60,63);4*(H,6,7)/t30-,36-,37-;;;;/m0..../s1. The Morgan fingerprint density at radius 1 is 0.626 bits per heavy atom. The molecule has 0 aromatic heterocycles. The number of nitrogens with zero attached hydrogens (tertiary/aromatic N) is 4. The first-order chi connectivity index (χ1) is 42.1. The Morgan fingerprint density at radius 3 is 1.58 bits per heavy atom. The normalized spacial score (nSPS) is 15.6. The van der Waals surface area contributed by atoms with Crippen LogP contribution in [0, 0.1) is 5.92 Å². The molecule has 91 heavy (non-hydrogen) atoms. The third-order valence-electron chi connectivity index (χ3n) is 13.1. The number of alkyl halides is 12. The molecular weight excluding hydrogens is 1260 g/mol. The molecule has 38 heteroatoms. The van der Waals surface area contributed by atoms with E-state index in [0.717, 1.165) is 77.7 Å². The Kier molecular flexibility index (Phi) is 34.0. The number of rotatable bonds is 21. The van der Waals surface area contributed by atoms with Gasteiger partial charge in [0.15, 0.2) is 5.96 Å². The average Bonchev–Trinajstić information content (AvgIpc) is 1.71. The van der Waals surface area contributed by atoms with Gasteiger partial charge in [0.1, 0.15) is 12.1 Å². The Balaban J connectivity index is 0.00000122. The number of unbranched alkanes of at least 4 members (excludes halogenated alkanes) is 1. The van der Waals surface area contributed by atoms with E-state index < -0.39 is 84.4 Å². The van der Waals surface area contributed by atoms with Crippen molar-refractivity contribution >= 4 is 82.3 Å². The molecule has 15 N–H and O–H groups in total. The molecule has 2 aromatic carbocycles. The topological polar surface area (TPSA) is 412 Å². The summed E-state index contributed by atoms with van der Waals surface area (Å²) < 4.78 is 127. The summed E-state index contributed by atoms with van der Waals surface area (Å²) in [5.74, 6) is -12.8. The highest BCUT2D eigenvalue weighted by Crippen LogP contribution is 2.38. The Bertz CT molecular complexity index is 2680. The Morgan fingerprint density at radius 2 is 1.10 bits per heavy atom. The predicted molar refractivity (Wildman–Crippen MR) is 299 cm³/mol. The fourth-order valence-corrected chi connectivity index (χ4v) is 8.62. The molecule has 3 heterocycles. The lowest BCUT2D eigenvalue weighted by molar-refractivity contribution is -0.193. The van der Waals surface area contributed by atoms with Gasteiger partial charge in [0, 0.05) is 19.5 Å². The van der Waals surface area contributed by atoms with Crippen molar-refractivity contribution in [3.05, 3.63) is 54.1 Å². The molecule has 5 rings (SSSR count). The van der Waals surface area contributed by atoms with Gasteiger partial charge < -0.3 is 63.8 Å². The number of nitrogens with two attached hydrogens (primary N) is 3. The molecule has 0 radical (unpaired) electrons. The van der Waals surface area contributed by atoms with Gasteiger partial charge in [-0.25, -0.2) is 19.2 Å². The molecule has 0 bridgehead atoms. The minimum atomic E-state index is -5.08. The minimum absolute atomic E-state index is 0.0224. The zero-order valence-corrected chi connectivity index (χ0v) is 48.9. The van der Waals surface area contributed by atoms with Gasteiger partial charge in [-0.1, -0.05) is 37.1 Å². The molecular formula is C53H72F12N12O14. The van der Waals surface area contributed by atoms with Crippen LogP contribution in [0.5, 0.6) is 0 Å². The highest BCUT2D eigenvalue weighted by Gasteiger charge is 2.41. The van der Waals surface area contributed by atoms with Crippen molar-refractivity contribution < 1.29 is 121 Å². The summed E-state index contributed by atoms with van der Waals surface area (Å²) in [7, 11) is 0. The number of guanidine groups is 1. The zero-order valence-electron chi connectivity index (χ0n) is 48.9. The van der Waals surface area contributed by atoms with Crippen LogP contribution in [0.15, 0.2) is 53.5 Å². The maximum absolute atomic E-state index is 13.9. The quantitative estimate of drug-likeness (QED) is 0.0360. The second kappa shape index (κ2) is 38.3. The molecule has 0 aliphatic carbocycles. The molecule has 512 valence electrons. The van der Waals surface area contributed by atoms with Gasteiger partial charge in [-0.3, -0.25) is 48.9 Å². The van der Waals surface area contributed by atoms with Crippen LogP contribution in [-0.4, -0.2) is 197 Å². The van der Waals surface area contributed by atoms with Crippen molar-refractivity contribution in [1.82, 2.24) is 31.1 Å². The number of carbonyl (C=O) groups excluding carboxylic acids is 6. The number of carboxylic acids is 4. The fourth-order valence-electron chi connectivity index (χ4n) is 8.62. The van der Waals surface area contributed by atoms with Crippen LogP contribution in [-0.2, 0) is 43.2 Å². The highest BCUT2D eigenvalue weighted by atomic mass is 19.4. The van der Waals surface area contributed by atoms with E-state index in [1.165, 1.54) is 13.8 Å². The number of benzene rings is 2. The number of hydrogen-bond acceptors (Lipinski definition) is 15. The van der Waals surface area contributed by atoms with Crippen LogP contribution < -0.4 is 48.7 Å². The van der Waals surface area contributed by atoms with Gasteiger partial charge in [0.25, 0.3) is 5.91 Å². The van der Waals surface area contributed by atoms with E-state index in [4.69, 9.17) is 56.8 Å². The summed E-state index contributed by atoms with van der Waals surface area (Å²) in [6, 6.07) is 12.3. The van der Waals surface area contributed by atoms with Crippen LogP contribution in [0.3, 0.4) is 0 Å². The van der Waals surface area contributed by atoms with Crippen LogP contribution >= 0.6 is 0 Å². The van der Waals surface area contributed by atoms with E-state index in [2.05, 4.69) is 41.4 Å². The molecule has 0 spiro atoms. The molecule has 0 saturated carbocycles. The number of fused-ring (bicyclic) bond motifs is 2. The number of carbonyl (C=O) groups is 10. The average molecular weight is 1330 g/mol. The number of likely N-dealkylation sites (tertiary alicyclic amines) is 2. The lowest BCUT2D eigenvalue weighted by atomic mass is 9.91. The van der Waals surface area contributed by atoms with E-state index in [1.807, 2.05) is 42.5 Å². The van der Waals surface area contributed by atoms with Crippen LogP contribution in [0.1, 0.15) is 94.8 Å². The monoisotopic (exact) mass is 1330 g/mol. The molecule has 2 fully saturated rings. The third-order valence-corrected chi connectivity index (χ3v) is 13.1. The first kappa shape index (κ1) is 80.6. The molecule has 26 nitrogen and oxygen atoms in total. The molecule has 3 aliphatic rings. The number of piperidine rings is 2. The van der Waals surface area contributed by atoms with Crippen LogP contribution in [0.4, 0.5) is 69.7 Å². The van der Waals surface area contributed by atoms with E-state index in [-0.39, 0.29) is 42.7 Å². The maximum atomic E-state index is 13.9. The van der Waals surface area contributed by atoms with Crippen LogP contribution in [0.2, 0.25) is 0 Å². The van der Waals surface area contributed by atoms with Crippen molar-refractivity contribution in [3.63, 3.8) is 0 Å². The number of hydrogen-bond donors (Lipinski definition) is 12. The minimum Gasteiger partial charge on any atom is -0.475 e. The first-order valence-corrected chi connectivity index (χ1v) is 27.5. The van der Waals surface area contributed by atoms with Crippen molar-refractivity contribution in [3.8, 4) is 0 Å². The third kappa shape index (κ3) is 31.8. The summed E-state index contributed by atoms with van der Waals surface area (Å²) in [5, 5.41) is 42.6. The van der Waals surface area contributed by atoms with E-state index in [9.17, 15) is 81.5 Å². The van der Waals surface area contributed by atoms with E-state index in [0.29, 0.717) is 60.9 Å². The second-order valence-electron chi connectivity index (χ2n) is 20.2. The van der Waals surface area contributed by atoms with Gasteiger partial charge in [0.2, 0.25) is 29.5 Å². The number of imide groups is 1. The number of amides is 6. The molecule has 3 atom stereocenters. The number of aliphatic carboxylic acids is 4. The molecule has 2 saturated heterocycles. The summed E-state index contributed by atoms with van der Waals surface area (Å²) in [4.78, 5) is 124. The predicted octanol–water partition coefficient (Wildman–Crippen LogP) is 4.20. The molecule has 2 aromatic rings. The van der Waals surface area contributed by atoms with E-state index in [1.54, 1.807) is 11.0 Å². The number of carboxylic acid groups (broad SMARTS) is 4. The number of para-hydroxylation sites is 3. The van der Waals surface area contributed by atoms with Gasteiger partial charge in [-0.2, -0.15) is 52.7 Å². The highest BCUT2D eigenvalue weighted by molar-refractivity contribution is 6.18. The molecule has 0 unspecified atom stereocenters. The lowest BCUT2D eigenvalue weighted by Gasteiger charge is -2.35. The summed E-state index contributed by atoms with van der Waals surface area (Å²) >= 11 is 0.